The van der Waals surface area contributed by atoms with Gasteiger partial charge < -0.3 is 44.6 Å². The fourth-order valence-electron chi connectivity index (χ4n) is 13.1. The number of fused-ring (bicyclic) bond motifs is 2. The van der Waals surface area contributed by atoms with Gasteiger partial charge in [0, 0.05) is 94.2 Å². The first kappa shape index (κ1) is 55.4. The topological polar surface area (TPSA) is 252 Å². The zero-order valence-electron chi connectivity index (χ0n) is 46.6. The number of aromatic amines is 1. The average molecular weight is 1140 g/mol. The van der Waals surface area contributed by atoms with E-state index in [1.165, 1.54) is 35.9 Å². The number of aliphatic hydroxyl groups is 1. The van der Waals surface area contributed by atoms with Crippen LogP contribution in [0.25, 0.3) is 11.0 Å². The van der Waals surface area contributed by atoms with Crippen molar-refractivity contribution in [2.24, 2.45) is 11.3 Å². The first-order valence-corrected chi connectivity index (χ1v) is 29.9. The number of nitrogens with one attached hydrogen (secondary N) is 4. The monoisotopic (exact) mass is 1140 g/mol. The predicted octanol–water partition coefficient (Wildman–Crippen LogP) is 8.68. The first-order valence-electron chi connectivity index (χ1n) is 28.4. The second-order valence-electron chi connectivity index (χ2n) is 24.0. The number of methoxy groups -OCH3 is 1. The number of benzene rings is 2. The van der Waals surface area contributed by atoms with Gasteiger partial charge in [-0.3, -0.25) is 24.7 Å². The molecule has 3 saturated heterocycles. The second-order valence-corrected chi connectivity index (χ2v) is 25.6. The van der Waals surface area contributed by atoms with Gasteiger partial charge >= 0.3 is 5.69 Å². The van der Waals surface area contributed by atoms with Crippen molar-refractivity contribution in [3.05, 3.63) is 117 Å². The molecule has 1 amide bonds. The van der Waals surface area contributed by atoms with E-state index in [0.717, 1.165) is 81.7 Å². The Bertz CT molecular complexity index is 3520. The van der Waals surface area contributed by atoms with E-state index in [2.05, 4.69) is 94.2 Å². The van der Waals surface area contributed by atoms with E-state index in [-0.39, 0.29) is 62.8 Å². The third-order valence-corrected chi connectivity index (χ3v) is 19.3. The number of anilines is 3. The SMILES string of the molecule is COc1nc2[nH]cc(F)c2cc1Oc1cc(N2CCC3(CC2)CC(N2CCN(Cc4ccnc5c4NCC4(COC4)O5)C[C@H]2c2ccccc2C(C)C)C3)ccc1C(=O)NS(=O)(=O)c1cnc(NCC2CCC(C)(O)CC2)c([N+](=O)[O-])c1. The molecule has 82 heavy (non-hydrogen) atoms. The van der Waals surface area contributed by atoms with E-state index in [0.29, 0.717) is 82.9 Å². The van der Waals surface area contributed by atoms with Gasteiger partial charge in [-0.25, -0.2) is 27.5 Å². The summed E-state index contributed by atoms with van der Waals surface area (Å²) in [5.74, 6) is -0.774. The largest absolute Gasteiger partial charge is 0.478 e. The Kier molecular flexibility index (Phi) is 14.8. The van der Waals surface area contributed by atoms with Crippen LogP contribution in [0.5, 0.6) is 23.3 Å². The highest BCUT2D eigenvalue weighted by Gasteiger charge is 2.51. The number of nitro groups is 1. The summed E-state index contributed by atoms with van der Waals surface area (Å²) in [6.45, 7) is 13.4. The fraction of sp³-hybridized carbons (Fsp3) is 0.492. The summed E-state index contributed by atoms with van der Waals surface area (Å²) in [5.41, 5.74) is 4.10. The summed E-state index contributed by atoms with van der Waals surface area (Å²) >= 11 is 0. The van der Waals surface area contributed by atoms with Gasteiger partial charge in [0.25, 0.3) is 21.8 Å². The van der Waals surface area contributed by atoms with Crippen LogP contribution in [0.3, 0.4) is 0 Å². The number of amides is 1. The van der Waals surface area contributed by atoms with E-state index in [1.54, 1.807) is 19.1 Å². The number of hydrogen-bond donors (Lipinski definition) is 5. The molecule has 4 aliphatic heterocycles. The van der Waals surface area contributed by atoms with Crippen molar-refractivity contribution in [3.8, 4) is 23.3 Å². The lowest BCUT2D eigenvalue weighted by Gasteiger charge is -2.58. The maximum absolute atomic E-state index is 15.0. The minimum Gasteiger partial charge on any atom is -0.478 e. The summed E-state index contributed by atoms with van der Waals surface area (Å²) in [5, 5.41) is 29.4. The molecule has 0 unspecified atom stereocenters. The second kappa shape index (κ2) is 21.9. The number of aromatic nitrogens is 4. The Morgan fingerprint density at radius 3 is 2.52 bits per heavy atom. The van der Waals surface area contributed by atoms with Crippen LogP contribution >= 0.6 is 0 Å². The quantitative estimate of drug-likeness (QED) is 0.0449. The Hall–Kier alpha value is -7.18. The highest BCUT2D eigenvalue weighted by molar-refractivity contribution is 7.90. The van der Waals surface area contributed by atoms with Crippen LogP contribution in [0.4, 0.5) is 27.3 Å². The molecule has 8 heterocycles. The minimum absolute atomic E-state index is 0.0190. The predicted molar refractivity (Wildman–Crippen MR) is 305 cm³/mol. The van der Waals surface area contributed by atoms with Crippen LogP contribution in [-0.4, -0.2) is 137 Å². The van der Waals surface area contributed by atoms with E-state index in [1.807, 2.05) is 6.20 Å². The Labute approximate surface area is 475 Å². The number of halogens is 1. The Morgan fingerprint density at radius 2 is 1.79 bits per heavy atom. The molecule has 1 atom stereocenters. The minimum atomic E-state index is -4.75. The number of carbonyl (C=O) groups excluding carboxylic acids is 1. The molecular weight excluding hydrogens is 1070 g/mol. The number of sulfonamides is 1. The molecule has 6 aromatic rings. The molecule has 21 nitrogen and oxygen atoms in total. The van der Waals surface area contributed by atoms with Gasteiger partial charge in [0.1, 0.15) is 27.8 Å². The lowest BCUT2D eigenvalue weighted by Crippen LogP contribution is -2.61. The molecule has 12 rings (SSSR count). The molecule has 2 aliphatic carbocycles. The van der Waals surface area contributed by atoms with Crippen LogP contribution in [0.1, 0.15) is 111 Å². The number of pyridine rings is 3. The van der Waals surface area contributed by atoms with Gasteiger partial charge in [-0.05, 0) is 110 Å². The number of hydrogen-bond acceptors (Lipinski definition) is 18. The number of piperazine rings is 1. The van der Waals surface area contributed by atoms with Crippen molar-refractivity contribution in [3.63, 3.8) is 0 Å². The van der Waals surface area contributed by atoms with Crippen molar-refractivity contribution in [1.82, 2.24) is 34.5 Å². The van der Waals surface area contributed by atoms with E-state index >= 15 is 0 Å². The average Bonchev–Trinajstić information content (AvgIpc) is 3.89. The van der Waals surface area contributed by atoms with Gasteiger partial charge in [0.2, 0.25) is 11.7 Å². The third kappa shape index (κ3) is 11.0. The molecule has 2 spiro atoms. The number of rotatable bonds is 16. The van der Waals surface area contributed by atoms with Crippen LogP contribution in [0, 0.1) is 27.3 Å². The molecule has 5 fully saturated rings. The standard InChI is InChI=1S/C59H70FN11O10S/c1-36(2)42-7-5-6-8-43(42)48-32-68(31-38-13-18-61-56-51(38)65-33-59(81-56)34-79-35-59)21-22-70(48)40-26-58(27-40)16-19-69(20-17-58)39-9-10-44(49(23-39)80-50-25-45-46(60)30-64-52(45)66-55(50)78-4)54(72)67-82(76,77)41-24-47(71(74)75)53(63-29-41)62-28-37-11-14-57(3,73)15-12-37/h5-10,13,18,23-25,29-30,36-37,40,48,65,73H,11-12,14-17,19-22,26-28,31-35H2,1-4H3,(H,62,63)(H,64,66)(H,67,72)/t37?,48-,57?/m0/s1. The smallest absolute Gasteiger partial charge is 0.312 e. The molecule has 434 valence electrons. The van der Waals surface area contributed by atoms with Crippen molar-refractivity contribution in [1.29, 1.82) is 0 Å². The van der Waals surface area contributed by atoms with Gasteiger partial charge in [-0.15, -0.1) is 0 Å². The number of carbonyl (C=O) groups is 1. The zero-order valence-corrected chi connectivity index (χ0v) is 47.4. The van der Waals surface area contributed by atoms with Crippen molar-refractivity contribution in [2.45, 2.75) is 113 Å². The maximum atomic E-state index is 15.0. The number of nitrogens with zero attached hydrogens (tertiary/aromatic N) is 7. The van der Waals surface area contributed by atoms with Crippen LogP contribution < -0.4 is 34.5 Å². The first-order chi connectivity index (χ1) is 39.4. The van der Waals surface area contributed by atoms with Crippen molar-refractivity contribution >= 4 is 49.8 Å². The van der Waals surface area contributed by atoms with E-state index in [9.17, 15) is 32.8 Å². The highest BCUT2D eigenvalue weighted by Crippen LogP contribution is 2.54. The van der Waals surface area contributed by atoms with Crippen molar-refractivity contribution < 1.29 is 46.6 Å². The van der Waals surface area contributed by atoms with Gasteiger partial charge in [0.15, 0.2) is 11.4 Å². The number of ether oxygens (including phenoxy) is 4. The third-order valence-electron chi connectivity index (χ3n) is 18.0. The lowest BCUT2D eigenvalue weighted by atomic mass is 9.59. The van der Waals surface area contributed by atoms with Gasteiger partial charge in [0.05, 0.1) is 54.5 Å². The summed E-state index contributed by atoms with van der Waals surface area (Å²) in [4.78, 5) is 48.6. The molecule has 2 saturated carbocycles. The van der Waals surface area contributed by atoms with Crippen molar-refractivity contribution in [2.75, 3.05) is 81.7 Å². The summed E-state index contributed by atoms with van der Waals surface area (Å²) in [7, 11) is -3.38. The molecule has 6 aliphatic rings. The van der Waals surface area contributed by atoms with Crippen LogP contribution in [0.15, 0.2) is 84.1 Å². The maximum Gasteiger partial charge on any atom is 0.312 e. The molecule has 0 radical (unpaired) electrons. The molecule has 23 heteroatoms. The number of H-pyrrole nitrogens is 1. The number of piperidine rings is 1. The molecule has 0 bridgehead atoms. The molecule has 2 aromatic carbocycles. The molecule has 4 aromatic heterocycles. The Balaban J connectivity index is 0.751. The molecular formula is C59H70FN11O10S. The lowest BCUT2D eigenvalue weighted by molar-refractivity contribution is -0.384. The van der Waals surface area contributed by atoms with Gasteiger partial charge in [-0.2, -0.15) is 4.98 Å². The fourth-order valence-corrected chi connectivity index (χ4v) is 14.0. The van der Waals surface area contributed by atoms with Crippen LogP contribution in [-0.2, 0) is 21.3 Å². The summed E-state index contributed by atoms with van der Waals surface area (Å²) in [6.07, 6.45) is 10.6. The molecule has 5 N–H and O–H groups in total. The zero-order chi connectivity index (χ0) is 57.1. The van der Waals surface area contributed by atoms with E-state index < -0.39 is 42.9 Å². The van der Waals surface area contributed by atoms with E-state index in [4.69, 9.17) is 18.9 Å². The highest BCUT2D eigenvalue weighted by atomic mass is 32.2. The summed E-state index contributed by atoms with van der Waals surface area (Å²) in [6, 6.07) is 18.7. The van der Waals surface area contributed by atoms with Gasteiger partial charge in [-0.1, -0.05) is 38.1 Å². The Morgan fingerprint density at radius 1 is 1.01 bits per heavy atom. The summed E-state index contributed by atoms with van der Waals surface area (Å²) < 4.78 is 68.7. The normalized spacial score (nSPS) is 22.6. The van der Waals surface area contributed by atoms with Crippen LogP contribution in [0.2, 0.25) is 0 Å².